The number of nitrogens with one attached hydrogen (secondary N) is 3. The summed E-state index contributed by atoms with van der Waals surface area (Å²) in [7, 11) is -1.91. The van der Waals surface area contributed by atoms with Crippen LogP contribution in [0.2, 0.25) is 18.1 Å². The van der Waals surface area contributed by atoms with Crippen molar-refractivity contribution in [2.75, 3.05) is 20.9 Å². The van der Waals surface area contributed by atoms with E-state index in [0.29, 0.717) is 24.6 Å². The average molecular weight is 1160 g/mol. The topological polar surface area (TPSA) is 194 Å². The SMILES string of the molecule is CC(C)(C)[Si](C)(C)OC1CC2CCC1N2c1ccc(N)c(C(F)(F)F)c1.O=C(Nc1ccc(N2C3CCC2C(O)C3)cc1C(F)(F)F)c1c[nH]c2cccc(C(F)(F)F)c2c1=O.O=C(O)c1c[nH]c2cccc(C(F)(F)F)c2c1=O. The van der Waals surface area contributed by atoms with Crippen LogP contribution >= 0.6 is 0 Å². The summed E-state index contributed by atoms with van der Waals surface area (Å²) in [5.41, 5.74) is -2.92. The van der Waals surface area contributed by atoms with Gasteiger partial charge in [0.15, 0.2) is 8.32 Å². The fraction of sp³-hybridized carbons (Fsp3) is 0.407. The first-order valence-electron chi connectivity index (χ1n) is 25.1. The van der Waals surface area contributed by atoms with E-state index in [9.17, 15) is 77.0 Å². The summed E-state index contributed by atoms with van der Waals surface area (Å²) in [6, 6.07) is 13.7. The Kier molecular flexibility index (Phi) is 15.6. The molecule has 4 aliphatic rings. The number of carbonyl (C=O) groups is 2. The number of hydrogen-bond donors (Lipinski definition) is 6. The van der Waals surface area contributed by atoms with E-state index in [1.54, 1.807) is 11.0 Å². The van der Waals surface area contributed by atoms with E-state index in [-0.39, 0.29) is 57.7 Å². The van der Waals surface area contributed by atoms with E-state index in [1.165, 1.54) is 30.3 Å². The van der Waals surface area contributed by atoms with Gasteiger partial charge >= 0.3 is 30.7 Å². The summed E-state index contributed by atoms with van der Waals surface area (Å²) in [6.45, 7) is 11.1. The number of aliphatic hydroxyl groups excluding tert-OH is 1. The molecule has 6 aromatic rings. The highest BCUT2D eigenvalue weighted by Gasteiger charge is 2.51. The number of aromatic nitrogens is 2. The second-order valence-corrected chi connectivity index (χ2v) is 26.4. The van der Waals surface area contributed by atoms with Crippen molar-refractivity contribution in [3.8, 4) is 0 Å². The highest BCUT2D eigenvalue weighted by molar-refractivity contribution is 6.74. The Balaban J connectivity index is 0.000000168. The zero-order chi connectivity index (χ0) is 59.0. The number of benzene rings is 4. The van der Waals surface area contributed by atoms with Crippen LogP contribution in [0.1, 0.15) is 102 Å². The summed E-state index contributed by atoms with van der Waals surface area (Å²) in [4.78, 5) is 56.8. The highest BCUT2D eigenvalue weighted by atomic mass is 28.4. The summed E-state index contributed by atoms with van der Waals surface area (Å²) < 4.78 is 167. The quantitative estimate of drug-likeness (QED) is 0.0509. The fourth-order valence-corrected chi connectivity index (χ4v) is 12.3. The van der Waals surface area contributed by atoms with Gasteiger partial charge in [-0.05, 0) is 117 Å². The van der Waals surface area contributed by atoms with Gasteiger partial charge in [-0.3, -0.25) is 14.4 Å². The number of aromatic amines is 2. The number of fused-ring (bicyclic) bond motifs is 6. The summed E-state index contributed by atoms with van der Waals surface area (Å²) in [5, 5.41) is 19.5. The number of rotatable bonds is 7. The smallest absolute Gasteiger partial charge is 0.418 e. The Morgan fingerprint density at radius 3 is 1.57 bits per heavy atom. The average Bonchev–Trinajstić information content (AvgIpc) is 4.31. The lowest BCUT2D eigenvalue weighted by Gasteiger charge is -2.40. The first-order chi connectivity index (χ1) is 37.0. The van der Waals surface area contributed by atoms with Crippen LogP contribution < -0.4 is 31.7 Å². The number of H-pyrrole nitrogens is 2. The first-order valence-corrected chi connectivity index (χ1v) is 28.0. The lowest BCUT2D eigenvalue weighted by atomic mass is 9.98. The Morgan fingerprint density at radius 1 is 0.637 bits per heavy atom. The van der Waals surface area contributed by atoms with Crippen LogP contribution in [0.25, 0.3) is 21.8 Å². The minimum absolute atomic E-state index is 0.0557. The van der Waals surface area contributed by atoms with Crippen molar-refractivity contribution < 1.29 is 76.9 Å². The number of nitrogens with zero attached hydrogens (tertiary/aromatic N) is 2. The molecular weight excluding hydrogens is 1100 g/mol. The number of nitrogens with two attached hydrogens (primary N) is 1. The van der Waals surface area contributed by atoms with Gasteiger partial charge < -0.3 is 45.5 Å². The van der Waals surface area contributed by atoms with Gasteiger partial charge in [0.2, 0.25) is 10.9 Å². The Hall–Kier alpha value is -7.06. The van der Waals surface area contributed by atoms with Gasteiger partial charge in [0, 0.05) is 52.6 Å². The molecule has 0 spiro atoms. The van der Waals surface area contributed by atoms with Gasteiger partial charge in [-0.25, -0.2) is 4.79 Å². The van der Waals surface area contributed by atoms with Crippen molar-refractivity contribution in [2.45, 2.75) is 139 Å². The third-order valence-corrected chi connectivity index (χ3v) is 20.1. The minimum Gasteiger partial charge on any atom is -0.477 e. The summed E-state index contributed by atoms with van der Waals surface area (Å²) in [5.74, 6) is -2.86. The number of nitrogen functional groups attached to an aromatic ring is 1. The first kappa shape index (κ1) is 59.1. The van der Waals surface area contributed by atoms with Crippen LogP contribution in [0.5, 0.6) is 0 Å². The number of halogens is 12. The normalized spacial score (nSPS) is 21.1. The van der Waals surface area contributed by atoms with Crippen molar-refractivity contribution in [1.29, 1.82) is 0 Å². The fourth-order valence-electron chi connectivity index (χ4n) is 10.9. The lowest BCUT2D eigenvalue weighted by molar-refractivity contribution is -0.137. The molecule has 4 saturated heterocycles. The number of carboxylic acid groups (broad SMARTS) is 1. The van der Waals surface area contributed by atoms with Gasteiger partial charge in [-0.1, -0.05) is 32.9 Å². The van der Waals surface area contributed by atoms with E-state index in [0.717, 1.165) is 68.4 Å². The molecule has 7 N–H and O–H groups in total. The minimum atomic E-state index is -4.89. The van der Waals surface area contributed by atoms with Crippen LogP contribution in [-0.4, -0.2) is 76.8 Å². The predicted octanol–water partition coefficient (Wildman–Crippen LogP) is 12.6. The Labute approximate surface area is 448 Å². The third-order valence-electron chi connectivity index (χ3n) is 15.6. The second-order valence-electron chi connectivity index (χ2n) is 21.6. The van der Waals surface area contributed by atoms with Crippen molar-refractivity contribution in [1.82, 2.24) is 9.97 Å². The van der Waals surface area contributed by atoms with Crippen molar-refractivity contribution in [3.05, 3.63) is 139 Å². The summed E-state index contributed by atoms with van der Waals surface area (Å²) >= 11 is 0. The molecule has 0 saturated carbocycles. The molecule has 6 unspecified atom stereocenters. The number of aromatic carboxylic acids is 1. The molecule has 0 radical (unpaired) electrons. The van der Waals surface area contributed by atoms with E-state index < -0.39 is 112 Å². The molecule has 13 nitrogen and oxygen atoms in total. The second kappa shape index (κ2) is 21.1. The molecule has 4 aromatic carbocycles. The van der Waals surface area contributed by atoms with Gasteiger partial charge in [-0.15, -0.1) is 0 Å². The number of pyridine rings is 2. The zero-order valence-corrected chi connectivity index (χ0v) is 44.2. The number of hydrogen-bond acceptors (Lipinski definition) is 9. The van der Waals surface area contributed by atoms with Crippen molar-refractivity contribution in [3.63, 3.8) is 0 Å². The van der Waals surface area contributed by atoms with E-state index in [2.05, 4.69) is 48.7 Å². The molecule has 4 fully saturated rings. The molecule has 6 heterocycles. The molecule has 4 bridgehead atoms. The molecule has 0 aliphatic carbocycles. The maximum atomic E-state index is 13.9. The Morgan fingerprint density at radius 2 is 1.10 bits per heavy atom. The number of alkyl halides is 12. The van der Waals surface area contributed by atoms with Crippen LogP contribution in [-0.2, 0) is 29.1 Å². The van der Waals surface area contributed by atoms with E-state index in [1.807, 2.05) is 5.32 Å². The summed E-state index contributed by atoms with van der Waals surface area (Å²) in [6.07, 6.45) is -13.0. The molecule has 1 amide bonds. The van der Waals surface area contributed by atoms with Crippen LogP contribution in [0.3, 0.4) is 0 Å². The van der Waals surface area contributed by atoms with Crippen LogP contribution in [0.15, 0.2) is 94.8 Å². The van der Waals surface area contributed by atoms with E-state index >= 15 is 0 Å². The van der Waals surface area contributed by atoms with Gasteiger partial charge in [0.05, 0.1) is 63.0 Å². The molecule has 2 aromatic heterocycles. The monoisotopic (exact) mass is 1150 g/mol. The lowest BCUT2D eigenvalue weighted by Crippen LogP contribution is -2.47. The maximum absolute atomic E-state index is 13.9. The number of amides is 1. The van der Waals surface area contributed by atoms with Crippen LogP contribution in [0.4, 0.5) is 75.4 Å². The third kappa shape index (κ3) is 11.6. The number of carboxylic acids is 1. The molecule has 6 atom stereocenters. The number of anilines is 4. The van der Waals surface area contributed by atoms with Gasteiger partial charge in [0.25, 0.3) is 5.91 Å². The largest absolute Gasteiger partial charge is 0.477 e. The van der Waals surface area contributed by atoms with Crippen molar-refractivity contribution in [2.24, 2.45) is 0 Å². The van der Waals surface area contributed by atoms with Gasteiger partial charge in [-0.2, -0.15) is 52.7 Å². The van der Waals surface area contributed by atoms with Crippen LogP contribution in [0, 0.1) is 0 Å². The van der Waals surface area contributed by atoms with E-state index in [4.69, 9.17) is 15.3 Å². The molecular formula is C54H54F12N6O7Si. The van der Waals surface area contributed by atoms with Crippen molar-refractivity contribution >= 4 is 64.7 Å². The highest BCUT2D eigenvalue weighted by Crippen LogP contribution is 2.49. The number of aliphatic hydroxyl groups is 1. The molecule has 80 heavy (non-hydrogen) atoms. The maximum Gasteiger partial charge on any atom is 0.418 e. The molecule has 10 rings (SSSR count). The number of carbonyl (C=O) groups excluding carboxylic acids is 1. The zero-order valence-electron chi connectivity index (χ0n) is 43.2. The van der Waals surface area contributed by atoms with Gasteiger partial charge in [0.1, 0.15) is 11.1 Å². The molecule has 430 valence electrons. The molecule has 26 heteroatoms. The Bertz CT molecular complexity index is 3480. The predicted molar refractivity (Wildman–Crippen MR) is 277 cm³/mol. The standard InChI is InChI=1S/C24H19F6N3O3.C19H29F3N2OSi.C11H6F3NO3/c25-23(26,27)14-2-1-3-17-20(14)21(35)13(10-31-17)22(36)32-16-6-4-11(8-15(16)24(28,29)30)33-12-5-7-18(33)19(34)9-12;1-18(2,3)26(4,5)25-17-11-13-7-9-16(17)24(13)12-6-8-15(23)14(10-12)19(20,21)22;12-11(13,14)6-2-1-3-7-8(6)9(16)5(4-15-7)10(17)18/h1-4,6,8,10,12,18-19,34H,5,7,9H2,(H,31,35)(H,32,36);6,8,10,13,16-17H,7,9,11,23H2,1-5H3;1-4H,(H,15,16)(H,17,18). The molecule has 4 aliphatic heterocycles.